The van der Waals surface area contributed by atoms with E-state index in [1.54, 1.807) is 25.1 Å². The zero-order chi connectivity index (χ0) is 21.3. The molecule has 3 aromatic rings. The van der Waals surface area contributed by atoms with Gasteiger partial charge in [-0.25, -0.2) is 0 Å². The number of rotatable bonds is 6. The summed E-state index contributed by atoms with van der Waals surface area (Å²) in [6.45, 7) is 3.51. The maximum absolute atomic E-state index is 11.8. The van der Waals surface area contributed by atoms with E-state index in [1.807, 2.05) is 13.1 Å². The SMILES string of the molecule is C=CC(=O)Nc1cnn(C)c1-c1n[nH]c2c1CC[C@@H](c1cc(OC)cc(OC)c1)C2. The minimum absolute atomic E-state index is 0.277. The van der Waals surface area contributed by atoms with Gasteiger partial charge in [0.2, 0.25) is 5.91 Å². The van der Waals surface area contributed by atoms with Crippen LogP contribution in [-0.4, -0.2) is 40.1 Å². The Morgan fingerprint density at radius 1 is 1.30 bits per heavy atom. The molecule has 0 spiro atoms. The number of anilines is 1. The van der Waals surface area contributed by atoms with Crippen molar-refractivity contribution in [2.24, 2.45) is 7.05 Å². The van der Waals surface area contributed by atoms with Crippen molar-refractivity contribution in [3.05, 3.63) is 53.9 Å². The lowest BCUT2D eigenvalue weighted by atomic mass is 9.82. The van der Waals surface area contributed by atoms with Crippen molar-refractivity contribution in [2.45, 2.75) is 25.2 Å². The van der Waals surface area contributed by atoms with Crippen LogP contribution in [0.5, 0.6) is 11.5 Å². The molecule has 0 fully saturated rings. The highest BCUT2D eigenvalue weighted by molar-refractivity contribution is 6.01. The molecule has 4 rings (SSSR count). The van der Waals surface area contributed by atoms with Crippen molar-refractivity contribution in [3.63, 3.8) is 0 Å². The number of methoxy groups -OCH3 is 2. The number of nitrogens with one attached hydrogen (secondary N) is 2. The molecule has 2 heterocycles. The van der Waals surface area contributed by atoms with E-state index >= 15 is 0 Å². The summed E-state index contributed by atoms with van der Waals surface area (Å²) in [7, 11) is 5.17. The van der Waals surface area contributed by atoms with Crippen molar-refractivity contribution >= 4 is 11.6 Å². The molecule has 1 aromatic carbocycles. The lowest BCUT2D eigenvalue weighted by molar-refractivity contribution is -0.111. The molecule has 0 aliphatic heterocycles. The van der Waals surface area contributed by atoms with Gasteiger partial charge in [-0.3, -0.25) is 14.6 Å². The first-order valence-electron chi connectivity index (χ1n) is 9.79. The molecular formula is C22H25N5O3. The molecule has 2 aromatic heterocycles. The number of aromatic amines is 1. The molecule has 1 atom stereocenters. The van der Waals surface area contributed by atoms with Crippen LogP contribution in [0.2, 0.25) is 0 Å². The van der Waals surface area contributed by atoms with Gasteiger partial charge in [-0.1, -0.05) is 6.58 Å². The molecule has 0 radical (unpaired) electrons. The Morgan fingerprint density at radius 2 is 2.03 bits per heavy atom. The molecule has 156 valence electrons. The fourth-order valence-electron chi connectivity index (χ4n) is 4.05. The lowest BCUT2D eigenvalue weighted by Gasteiger charge is -2.23. The molecule has 8 heteroatoms. The number of ether oxygens (including phenoxy) is 2. The summed E-state index contributed by atoms with van der Waals surface area (Å²) in [5.74, 6) is 1.64. The number of nitrogens with zero attached hydrogens (tertiary/aromatic N) is 3. The predicted octanol–water partition coefficient (Wildman–Crippen LogP) is 3.22. The van der Waals surface area contributed by atoms with Gasteiger partial charge in [0.05, 0.1) is 26.1 Å². The summed E-state index contributed by atoms with van der Waals surface area (Å²) < 4.78 is 12.6. The van der Waals surface area contributed by atoms with Crippen LogP contribution in [0, 0.1) is 0 Å². The number of aromatic nitrogens is 4. The molecule has 0 saturated carbocycles. The average molecular weight is 407 g/mol. The number of amides is 1. The number of carbonyl (C=O) groups excluding carboxylic acids is 1. The first kappa shape index (κ1) is 19.8. The van der Waals surface area contributed by atoms with E-state index in [2.05, 4.69) is 39.3 Å². The van der Waals surface area contributed by atoms with Gasteiger partial charge >= 0.3 is 0 Å². The summed E-state index contributed by atoms with van der Waals surface area (Å²) in [5.41, 5.74) is 5.68. The summed E-state index contributed by atoms with van der Waals surface area (Å²) in [4.78, 5) is 11.8. The van der Waals surface area contributed by atoms with Gasteiger partial charge in [-0.2, -0.15) is 10.2 Å². The van der Waals surface area contributed by atoms with Crippen LogP contribution in [0.1, 0.15) is 29.2 Å². The Labute approximate surface area is 174 Å². The molecule has 0 unspecified atom stereocenters. The molecule has 0 bridgehead atoms. The Bertz CT molecular complexity index is 1080. The predicted molar refractivity (Wildman–Crippen MR) is 114 cm³/mol. The lowest BCUT2D eigenvalue weighted by Crippen LogP contribution is -2.13. The minimum Gasteiger partial charge on any atom is -0.497 e. The fourth-order valence-corrected chi connectivity index (χ4v) is 4.05. The Morgan fingerprint density at radius 3 is 2.70 bits per heavy atom. The summed E-state index contributed by atoms with van der Waals surface area (Å²) in [6, 6.07) is 6.02. The number of H-pyrrole nitrogens is 1. The van der Waals surface area contributed by atoms with Crippen LogP contribution in [0.25, 0.3) is 11.4 Å². The number of carbonyl (C=O) groups is 1. The van der Waals surface area contributed by atoms with Crippen LogP contribution in [0.15, 0.2) is 37.1 Å². The Balaban J connectivity index is 1.65. The van der Waals surface area contributed by atoms with Crippen molar-refractivity contribution in [1.82, 2.24) is 20.0 Å². The molecule has 0 saturated heterocycles. The van der Waals surface area contributed by atoms with Gasteiger partial charge in [0.15, 0.2) is 0 Å². The van der Waals surface area contributed by atoms with E-state index in [0.29, 0.717) is 11.6 Å². The van der Waals surface area contributed by atoms with Gasteiger partial charge in [0.25, 0.3) is 0 Å². The highest BCUT2D eigenvalue weighted by Crippen LogP contribution is 2.39. The van der Waals surface area contributed by atoms with E-state index in [9.17, 15) is 4.79 Å². The zero-order valence-electron chi connectivity index (χ0n) is 17.4. The van der Waals surface area contributed by atoms with E-state index < -0.39 is 0 Å². The second-order valence-electron chi connectivity index (χ2n) is 7.34. The number of aryl methyl sites for hydroxylation is 1. The van der Waals surface area contributed by atoms with Crippen molar-refractivity contribution < 1.29 is 14.3 Å². The maximum Gasteiger partial charge on any atom is 0.247 e. The largest absolute Gasteiger partial charge is 0.497 e. The van der Waals surface area contributed by atoms with Gasteiger partial charge in [-0.15, -0.1) is 0 Å². The summed E-state index contributed by atoms with van der Waals surface area (Å²) >= 11 is 0. The van der Waals surface area contributed by atoms with Crippen LogP contribution in [0.4, 0.5) is 5.69 Å². The molecule has 30 heavy (non-hydrogen) atoms. The second-order valence-corrected chi connectivity index (χ2v) is 7.34. The standard InChI is InChI=1S/C22H25N5O3/c1-5-20(28)24-19-12-23-27(2)22(19)21-17-7-6-13(10-18(17)25-26-21)14-8-15(29-3)11-16(9-14)30-4/h5,8-9,11-13H,1,6-7,10H2,2-4H3,(H,24,28)(H,25,26)/t13-/m1/s1. The van der Waals surface area contributed by atoms with Crippen LogP contribution < -0.4 is 14.8 Å². The highest BCUT2D eigenvalue weighted by Gasteiger charge is 2.28. The van der Waals surface area contributed by atoms with Crippen molar-refractivity contribution in [1.29, 1.82) is 0 Å². The molecular weight excluding hydrogens is 382 g/mol. The van der Waals surface area contributed by atoms with E-state index in [0.717, 1.165) is 47.8 Å². The van der Waals surface area contributed by atoms with Crippen LogP contribution in [0.3, 0.4) is 0 Å². The Kier molecular flexibility index (Phi) is 5.31. The molecule has 1 amide bonds. The van der Waals surface area contributed by atoms with Crippen molar-refractivity contribution in [3.8, 4) is 22.9 Å². The third-order valence-corrected chi connectivity index (χ3v) is 5.60. The van der Waals surface area contributed by atoms with Crippen LogP contribution >= 0.6 is 0 Å². The molecule has 8 nitrogen and oxygen atoms in total. The number of fused-ring (bicyclic) bond motifs is 1. The number of hydrogen-bond acceptors (Lipinski definition) is 5. The monoisotopic (exact) mass is 407 g/mol. The van der Waals surface area contributed by atoms with E-state index in [1.165, 1.54) is 17.2 Å². The average Bonchev–Trinajstić information content (AvgIpc) is 3.35. The minimum atomic E-state index is -0.277. The normalized spacial score (nSPS) is 15.4. The first-order valence-corrected chi connectivity index (χ1v) is 9.79. The third kappa shape index (κ3) is 3.56. The number of benzene rings is 1. The van der Waals surface area contributed by atoms with Gasteiger partial charge in [0, 0.05) is 24.4 Å². The van der Waals surface area contributed by atoms with Crippen LogP contribution in [-0.2, 0) is 24.7 Å². The number of hydrogen-bond donors (Lipinski definition) is 2. The smallest absolute Gasteiger partial charge is 0.247 e. The maximum atomic E-state index is 11.8. The highest BCUT2D eigenvalue weighted by atomic mass is 16.5. The molecule has 2 N–H and O–H groups in total. The second kappa shape index (κ2) is 8.06. The third-order valence-electron chi connectivity index (χ3n) is 5.60. The molecule has 1 aliphatic rings. The van der Waals surface area contributed by atoms with E-state index in [4.69, 9.17) is 9.47 Å². The van der Waals surface area contributed by atoms with E-state index in [-0.39, 0.29) is 5.91 Å². The summed E-state index contributed by atoms with van der Waals surface area (Å²) in [6.07, 6.45) is 5.55. The van der Waals surface area contributed by atoms with Gasteiger partial charge in [-0.05, 0) is 49.0 Å². The topological polar surface area (TPSA) is 94.1 Å². The van der Waals surface area contributed by atoms with Gasteiger partial charge < -0.3 is 14.8 Å². The molecule has 1 aliphatic carbocycles. The van der Waals surface area contributed by atoms with Crippen molar-refractivity contribution in [2.75, 3.05) is 19.5 Å². The Hall–Kier alpha value is -3.55. The van der Waals surface area contributed by atoms with Gasteiger partial charge in [0.1, 0.15) is 22.9 Å². The summed E-state index contributed by atoms with van der Waals surface area (Å²) in [5, 5.41) is 14.9. The zero-order valence-corrected chi connectivity index (χ0v) is 17.4. The fraction of sp³-hybridized carbons (Fsp3) is 0.318. The quantitative estimate of drug-likeness (QED) is 0.612. The first-order chi connectivity index (χ1) is 14.5.